The SMILES string of the molecule is B[C@](O)([C@@H]1CCCN1)C(F)(F)F. The summed E-state index contributed by atoms with van der Waals surface area (Å²) in [5, 5.41) is 11.8. The van der Waals surface area contributed by atoms with E-state index < -0.39 is 17.7 Å². The van der Waals surface area contributed by atoms with Crippen molar-refractivity contribution in [3.05, 3.63) is 0 Å². The summed E-state index contributed by atoms with van der Waals surface area (Å²) >= 11 is 0. The number of hydrogen-bond acceptors (Lipinski definition) is 2. The maximum absolute atomic E-state index is 12.2. The van der Waals surface area contributed by atoms with Crippen molar-refractivity contribution in [2.24, 2.45) is 0 Å². The van der Waals surface area contributed by atoms with Gasteiger partial charge in [0.15, 0.2) is 7.85 Å². The molecule has 12 heavy (non-hydrogen) atoms. The van der Waals surface area contributed by atoms with Crippen LogP contribution in [-0.2, 0) is 0 Å². The van der Waals surface area contributed by atoms with Gasteiger partial charge in [0.05, 0.1) is 0 Å². The van der Waals surface area contributed by atoms with Crippen LogP contribution < -0.4 is 5.32 Å². The predicted molar refractivity (Wildman–Crippen MR) is 40.6 cm³/mol. The van der Waals surface area contributed by atoms with Gasteiger partial charge in [-0.2, -0.15) is 13.2 Å². The lowest BCUT2D eigenvalue weighted by Crippen LogP contribution is -2.58. The van der Waals surface area contributed by atoms with Crippen molar-refractivity contribution in [2.45, 2.75) is 30.6 Å². The fraction of sp³-hybridized carbons (Fsp3) is 1.00. The van der Waals surface area contributed by atoms with Gasteiger partial charge in [0.1, 0.15) is 5.50 Å². The van der Waals surface area contributed by atoms with Crippen molar-refractivity contribution >= 4 is 7.85 Å². The number of aliphatic hydroxyl groups is 1. The average Bonchev–Trinajstić information content (AvgIpc) is 2.34. The Morgan fingerprint density at radius 3 is 2.33 bits per heavy atom. The summed E-state index contributed by atoms with van der Waals surface area (Å²) in [4.78, 5) is 0. The lowest BCUT2D eigenvalue weighted by atomic mass is 9.74. The first-order valence-corrected chi connectivity index (χ1v) is 3.88. The zero-order valence-electron chi connectivity index (χ0n) is 6.78. The second-order valence-corrected chi connectivity index (χ2v) is 3.29. The minimum atomic E-state index is -4.55. The van der Waals surface area contributed by atoms with Gasteiger partial charge in [-0.25, -0.2) is 0 Å². The zero-order chi connectivity index (χ0) is 9.41. The molecular weight excluding hydrogens is 170 g/mol. The average molecular weight is 181 g/mol. The van der Waals surface area contributed by atoms with E-state index in [9.17, 15) is 13.2 Å². The lowest BCUT2D eigenvalue weighted by Gasteiger charge is -2.32. The van der Waals surface area contributed by atoms with Gasteiger partial charge in [0.2, 0.25) is 0 Å². The molecule has 0 radical (unpaired) electrons. The molecule has 1 aliphatic rings. The Bertz CT molecular complexity index is 165. The summed E-state index contributed by atoms with van der Waals surface area (Å²) < 4.78 is 36.6. The van der Waals surface area contributed by atoms with E-state index in [1.54, 1.807) is 0 Å². The summed E-state index contributed by atoms with van der Waals surface area (Å²) in [5.41, 5.74) is -2.59. The molecule has 0 bridgehead atoms. The van der Waals surface area contributed by atoms with Crippen molar-refractivity contribution < 1.29 is 18.3 Å². The first kappa shape index (κ1) is 9.86. The Balaban J connectivity index is 2.69. The van der Waals surface area contributed by atoms with E-state index in [1.807, 2.05) is 0 Å². The van der Waals surface area contributed by atoms with Crippen LogP contribution in [0, 0.1) is 0 Å². The number of rotatable bonds is 1. The van der Waals surface area contributed by atoms with Crippen LogP contribution in [0.2, 0.25) is 0 Å². The van der Waals surface area contributed by atoms with Crippen LogP contribution in [0.1, 0.15) is 12.8 Å². The molecule has 0 unspecified atom stereocenters. The minimum Gasteiger partial charge on any atom is -0.388 e. The summed E-state index contributed by atoms with van der Waals surface area (Å²) in [6, 6.07) is -0.850. The first-order chi connectivity index (χ1) is 5.36. The highest BCUT2D eigenvalue weighted by molar-refractivity contribution is 6.15. The van der Waals surface area contributed by atoms with Gasteiger partial charge >= 0.3 is 6.18 Å². The predicted octanol–water partition coefficient (Wildman–Crippen LogP) is -0.378. The van der Waals surface area contributed by atoms with Crippen molar-refractivity contribution in [3.63, 3.8) is 0 Å². The van der Waals surface area contributed by atoms with Gasteiger partial charge < -0.3 is 10.4 Å². The maximum atomic E-state index is 12.2. The molecule has 70 valence electrons. The fourth-order valence-corrected chi connectivity index (χ4v) is 1.36. The Labute approximate surface area is 69.6 Å². The topological polar surface area (TPSA) is 32.3 Å². The fourth-order valence-electron chi connectivity index (χ4n) is 1.36. The van der Waals surface area contributed by atoms with Crippen LogP contribution in [0.5, 0.6) is 0 Å². The molecule has 2 atom stereocenters. The van der Waals surface area contributed by atoms with Crippen LogP contribution in [-0.4, -0.2) is 37.2 Å². The van der Waals surface area contributed by atoms with Crippen LogP contribution in [0.25, 0.3) is 0 Å². The van der Waals surface area contributed by atoms with E-state index in [4.69, 9.17) is 5.11 Å². The normalized spacial score (nSPS) is 30.2. The third kappa shape index (κ3) is 1.59. The van der Waals surface area contributed by atoms with Crippen LogP contribution in [0.3, 0.4) is 0 Å². The van der Waals surface area contributed by atoms with Crippen molar-refractivity contribution in [1.29, 1.82) is 0 Å². The van der Waals surface area contributed by atoms with Crippen molar-refractivity contribution in [1.82, 2.24) is 5.32 Å². The molecule has 0 aliphatic carbocycles. The van der Waals surface area contributed by atoms with E-state index in [1.165, 1.54) is 0 Å². The molecule has 0 aromatic heterocycles. The largest absolute Gasteiger partial charge is 0.410 e. The van der Waals surface area contributed by atoms with Gasteiger partial charge in [-0.15, -0.1) is 0 Å². The molecule has 0 aromatic carbocycles. The molecular formula is C6H11BF3NO. The van der Waals surface area contributed by atoms with Gasteiger partial charge in [0, 0.05) is 6.04 Å². The van der Waals surface area contributed by atoms with E-state index in [-0.39, 0.29) is 0 Å². The minimum absolute atomic E-state index is 0.381. The van der Waals surface area contributed by atoms with Gasteiger partial charge in [-0.1, -0.05) is 0 Å². The molecule has 2 nitrogen and oxygen atoms in total. The molecule has 0 amide bonds. The Morgan fingerprint density at radius 1 is 1.42 bits per heavy atom. The number of alkyl halides is 3. The highest BCUT2D eigenvalue weighted by Gasteiger charge is 2.54. The van der Waals surface area contributed by atoms with E-state index >= 15 is 0 Å². The summed E-state index contributed by atoms with van der Waals surface area (Å²) in [7, 11) is 0.815. The molecule has 1 saturated heterocycles. The highest BCUT2D eigenvalue weighted by atomic mass is 19.4. The van der Waals surface area contributed by atoms with Crippen molar-refractivity contribution in [3.8, 4) is 0 Å². The molecule has 0 saturated carbocycles. The standard InChI is InChI=1S/C6H11BF3NO/c7-5(12,6(8,9)10)4-2-1-3-11-4/h4,11-12H,1-3,7H2/t4-,5-/m0/s1. The van der Waals surface area contributed by atoms with Gasteiger partial charge in [-0.3, -0.25) is 0 Å². The van der Waals surface area contributed by atoms with E-state index in [0.29, 0.717) is 19.4 Å². The third-order valence-electron chi connectivity index (χ3n) is 2.31. The monoisotopic (exact) mass is 181 g/mol. The zero-order valence-corrected chi connectivity index (χ0v) is 6.78. The molecule has 1 aliphatic heterocycles. The molecule has 6 heteroatoms. The van der Waals surface area contributed by atoms with Gasteiger partial charge in [-0.05, 0) is 19.4 Å². The van der Waals surface area contributed by atoms with Gasteiger partial charge in [0.25, 0.3) is 0 Å². The Hall–Kier alpha value is -0.225. The number of hydrogen-bond donors (Lipinski definition) is 2. The van der Waals surface area contributed by atoms with Crippen molar-refractivity contribution in [2.75, 3.05) is 6.54 Å². The van der Waals surface area contributed by atoms with Crippen LogP contribution >= 0.6 is 0 Å². The second kappa shape index (κ2) is 2.92. The summed E-state index contributed by atoms with van der Waals surface area (Å²) in [6.07, 6.45) is -3.47. The lowest BCUT2D eigenvalue weighted by molar-refractivity contribution is -0.232. The molecule has 1 fully saturated rings. The van der Waals surface area contributed by atoms with Crippen LogP contribution in [0.4, 0.5) is 13.2 Å². The Kier molecular flexibility index (Phi) is 2.40. The smallest absolute Gasteiger partial charge is 0.388 e. The van der Waals surface area contributed by atoms with Crippen LogP contribution in [0.15, 0.2) is 0 Å². The maximum Gasteiger partial charge on any atom is 0.410 e. The van der Waals surface area contributed by atoms with E-state index in [2.05, 4.69) is 5.32 Å². The second-order valence-electron chi connectivity index (χ2n) is 3.29. The molecule has 0 spiro atoms. The Morgan fingerprint density at radius 2 is 2.00 bits per heavy atom. The van der Waals surface area contributed by atoms with E-state index in [0.717, 1.165) is 7.85 Å². The number of halogens is 3. The third-order valence-corrected chi connectivity index (χ3v) is 2.31. The molecule has 1 heterocycles. The summed E-state index contributed by atoms with van der Waals surface area (Å²) in [6.45, 7) is 0.552. The highest BCUT2D eigenvalue weighted by Crippen LogP contribution is 2.33. The molecule has 0 aromatic rings. The first-order valence-electron chi connectivity index (χ1n) is 3.88. The quantitative estimate of drug-likeness (QED) is 0.540. The summed E-state index contributed by atoms with van der Waals surface area (Å²) in [5.74, 6) is 0. The number of nitrogens with one attached hydrogen (secondary N) is 1. The molecule has 2 N–H and O–H groups in total. The molecule has 1 rings (SSSR count).